The van der Waals surface area contributed by atoms with Crippen molar-refractivity contribution in [1.29, 1.82) is 0 Å². The highest BCUT2D eigenvalue weighted by Gasteiger charge is 2.00. The van der Waals surface area contributed by atoms with Crippen LogP contribution in [0.2, 0.25) is 0 Å². The molecule has 1 aromatic heterocycles. The van der Waals surface area contributed by atoms with Gasteiger partial charge in [-0.15, -0.1) is 11.3 Å². The highest BCUT2D eigenvalue weighted by Crippen LogP contribution is 2.24. The van der Waals surface area contributed by atoms with E-state index in [1.54, 1.807) is 11.3 Å². The van der Waals surface area contributed by atoms with Gasteiger partial charge in [0.05, 0.1) is 10.2 Å². The molecule has 3 rings (SSSR count). The summed E-state index contributed by atoms with van der Waals surface area (Å²) >= 11 is 1.74. The van der Waals surface area contributed by atoms with Gasteiger partial charge >= 0.3 is 0 Å². The molecule has 94 valence electrons. The summed E-state index contributed by atoms with van der Waals surface area (Å²) in [5, 5.41) is 1.06. The van der Waals surface area contributed by atoms with Crippen molar-refractivity contribution in [2.45, 2.75) is 13.8 Å². The Hall–Kier alpha value is -1.93. The number of rotatable bonds is 2. The molecule has 0 aliphatic carbocycles. The Labute approximate surface area is 117 Å². The molecule has 0 radical (unpaired) electrons. The van der Waals surface area contributed by atoms with Gasteiger partial charge in [-0.05, 0) is 43.2 Å². The van der Waals surface area contributed by atoms with E-state index in [0.717, 1.165) is 10.5 Å². The van der Waals surface area contributed by atoms with Crippen molar-refractivity contribution in [3.63, 3.8) is 0 Å². The Kier molecular flexibility index (Phi) is 3.18. The first-order chi connectivity index (χ1) is 9.20. The number of hydrogen-bond donors (Lipinski definition) is 0. The van der Waals surface area contributed by atoms with Crippen LogP contribution in [0.25, 0.3) is 22.4 Å². The van der Waals surface area contributed by atoms with E-state index in [4.69, 9.17) is 0 Å². The number of benzene rings is 2. The Balaban J connectivity index is 1.90. The van der Waals surface area contributed by atoms with Gasteiger partial charge in [-0.3, -0.25) is 0 Å². The summed E-state index contributed by atoms with van der Waals surface area (Å²) in [7, 11) is 0. The number of hydrogen-bond acceptors (Lipinski definition) is 2. The van der Waals surface area contributed by atoms with Gasteiger partial charge in [0, 0.05) is 0 Å². The number of nitrogens with zero attached hydrogens (tertiary/aromatic N) is 1. The third-order valence-corrected chi connectivity index (χ3v) is 4.04. The third kappa shape index (κ3) is 2.74. The summed E-state index contributed by atoms with van der Waals surface area (Å²) in [6.45, 7) is 4.21. The summed E-state index contributed by atoms with van der Waals surface area (Å²) in [6, 6.07) is 14.9. The normalized spacial score (nSPS) is 11.5. The molecule has 2 aromatic carbocycles. The monoisotopic (exact) mass is 265 g/mol. The van der Waals surface area contributed by atoms with E-state index in [-0.39, 0.29) is 0 Å². The van der Waals surface area contributed by atoms with E-state index in [0.29, 0.717) is 0 Å². The lowest BCUT2D eigenvalue weighted by molar-refractivity contribution is 1.44. The molecule has 0 unspecified atom stereocenters. The lowest BCUT2D eigenvalue weighted by atomic mass is 10.1. The van der Waals surface area contributed by atoms with Crippen molar-refractivity contribution in [3.8, 4) is 0 Å². The van der Waals surface area contributed by atoms with Crippen LogP contribution in [0.3, 0.4) is 0 Å². The zero-order valence-electron chi connectivity index (χ0n) is 11.1. The second-order valence-electron chi connectivity index (χ2n) is 4.77. The standard InChI is InChI=1S/C17H15NS/c1-12-3-6-14(7-4-12)8-10-17-18-15-9-5-13(2)11-16(15)19-17/h3-11H,1-2H3/b10-8+. The molecule has 1 heterocycles. The lowest BCUT2D eigenvalue weighted by Crippen LogP contribution is -1.74. The van der Waals surface area contributed by atoms with Crippen molar-refractivity contribution in [1.82, 2.24) is 4.98 Å². The molecule has 0 saturated carbocycles. The highest BCUT2D eigenvalue weighted by molar-refractivity contribution is 7.19. The maximum Gasteiger partial charge on any atom is 0.117 e. The first-order valence-corrected chi connectivity index (χ1v) is 7.14. The van der Waals surface area contributed by atoms with E-state index < -0.39 is 0 Å². The molecule has 19 heavy (non-hydrogen) atoms. The predicted octanol–water partition coefficient (Wildman–Crippen LogP) is 5.08. The summed E-state index contributed by atoms with van der Waals surface area (Å²) in [5.41, 5.74) is 4.86. The van der Waals surface area contributed by atoms with Crippen LogP contribution in [-0.2, 0) is 0 Å². The molecular formula is C17H15NS. The quantitative estimate of drug-likeness (QED) is 0.629. The van der Waals surface area contributed by atoms with Crippen LogP contribution in [-0.4, -0.2) is 4.98 Å². The molecule has 0 aliphatic heterocycles. The Morgan fingerprint density at radius 2 is 1.63 bits per heavy atom. The molecule has 0 fully saturated rings. The Bertz CT molecular complexity index is 736. The first-order valence-electron chi connectivity index (χ1n) is 6.33. The van der Waals surface area contributed by atoms with Crippen LogP contribution in [0.1, 0.15) is 21.7 Å². The third-order valence-electron chi connectivity index (χ3n) is 3.06. The van der Waals surface area contributed by atoms with Crippen molar-refractivity contribution >= 4 is 33.7 Å². The molecule has 3 aromatic rings. The molecule has 0 atom stereocenters. The molecule has 2 heteroatoms. The van der Waals surface area contributed by atoms with Crippen molar-refractivity contribution in [2.24, 2.45) is 0 Å². The lowest BCUT2D eigenvalue weighted by Gasteiger charge is -1.93. The average Bonchev–Trinajstić information content (AvgIpc) is 2.80. The fourth-order valence-corrected chi connectivity index (χ4v) is 2.93. The van der Waals surface area contributed by atoms with Gasteiger partial charge in [0.1, 0.15) is 5.01 Å². The van der Waals surface area contributed by atoms with Crippen molar-refractivity contribution in [3.05, 3.63) is 64.2 Å². The molecule has 0 spiro atoms. The van der Waals surface area contributed by atoms with Gasteiger partial charge in [0.2, 0.25) is 0 Å². The van der Waals surface area contributed by atoms with Crippen LogP contribution < -0.4 is 0 Å². The van der Waals surface area contributed by atoms with E-state index in [1.807, 2.05) is 0 Å². The Morgan fingerprint density at radius 3 is 2.42 bits per heavy atom. The van der Waals surface area contributed by atoms with E-state index in [2.05, 4.69) is 73.4 Å². The van der Waals surface area contributed by atoms with Crippen LogP contribution in [0, 0.1) is 13.8 Å². The Morgan fingerprint density at radius 1 is 0.895 bits per heavy atom. The van der Waals surface area contributed by atoms with E-state index in [1.165, 1.54) is 21.4 Å². The van der Waals surface area contributed by atoms with E-state index in [9.17, 15) is 0 Å². The first kappa shape index (κ1) is 12.1. The summed E-state index contributed by atoms with van der Waals surface area (Å²) in [6.07, 6.45) is 4.20. The smallest absolute Gasteiger partial charge is 0.117 e. The molecule has 0 amide bonds. The minimum Gasteiger partial charge on any atom is -0.237 e. The van der Waals surface area contributed by atoms with Crippen molar-refractivity contribution in [2.75, 3.05) is 0 Å². The molecule has 0 aliphatic rings. The fraction of sp³-hybridized carbons (Fsp3) is 0.118. The van der Waals surface area contributed by atoms with Crippen LogP contribution in [0.15, 0.2) is 42.5 Å². The summed E-state index contributed by atoms with van der Waals surface area (Å²) in [5.74, 6) is 0. The zero-order valence-corrected chi connectivity index (χ0v) is 11.9. The predicted molar refractivity (Wildman–Crippen MR) is 84.5 cm³/mol. The van der Waals surface area contributed by atoms with Gasteiger partial charge in [-0.1, -0.05) is 42.0 Å². The van der Waals surface area contributed by atoms with Gasteiger partial charge in [-0.2, -0.15) is 0 Å². The number of aryl methyl sites for hydroxylation is 2. The molecule has 0 saturated heterocycles. The maximum atomic E-state index is 4.62. The van der Waals surface area contributed by atoms with Gasteiger partial charge in [-0.25, -0.2) is 4.98 Å². The summed E-state index contributed by atoms with van der Waals surface area (Å²) < 4.78 is 1.25. The van der Waals surface area contributed by atoms with Crippen LogP contribution in [0.5, 0.6) is 0 Å². The molecule has 1 nitrogen and oxygen atoms in total. The number of aromatic nitrogens is 1. The van der Waals surface area contributed by atoms with Gasteiger partial charge in [0.15, 0.2) is 0 Å². The largest absolute Gasteiger partial charge is 0.237 e. The minimum atomic E-state index is 1.06. The summed E-state index contributed by atoms with van der Waals surface area (Å²) in [4.78, 5) is 4.62. The van der Waals surface area contributed by atoms with Gasteiger partial charge < -0.3 is 0 Å². The van der Waals surface area contributed by atoms with Gasteiger partial charge in [0.25, 0.3) is 0 Å². The van der Waals surface area contributed by atoms with Crippen LogP contribution in [0.4, 0.5) is 0 Å². The SMILES string of the molecule is Cc1ccc(/C=C/c2nc3ccc(C)cc3s2)cc1. The second-order valence-corrected chi connectivity index (χ2v) is 5.83. The molecule has 0 bridgehead atoms. The highest BCUT2D eigenvalue weighted by atomic mass is 32.1. The topological polar surface area (TPSA) is 12.9 Å². The second kappa shape index (κ2) is 4.98. The zero-order chi connectivity index (χ0) is 13.2. The van der Waals surface area contributed by atoms with Crippen molar-refractivity contribution < 1.29 is 0 Å². The molecular weight excluding hydrogens is 250 g/mol. The molecule has 0 N–H and O–H groups in total. The van der Waals surface area contributed by atoms with E-state index >= 15 is 0 Å². The minimum absolute atomic E-state index is 1.06. The van der Waals surface area contributed by atoms with Crippen LogP contribution >= 0.6 is 11.3 Å². The number of thiazole rings is 1. The average molecular weight is 265 g/mol. The maximum absolute atomic E-state index is 4.62. The fourth-order valence-electron chi connectivity index (χ4n) is 1.97. The number of fused-ring (bicyclic) bond motifs is 1.